The van der Waals surface area contributed by atoms with Crippen LogP contribution in [-0.2, 0) is 5.88 Å². The first kappa shape index (κ1) is 11.2. The Kier molecular flexibility index (Phi) is 2.99. The highest BCUT2D eigenvalue weighted by Gasteiger charge is 2.14. The SMILES string of the molecule is Cc1c(O)[nH]c(=O)n1CSC(C)(C)C. The van der Waals surface area contributed by atoms with E-state index in [0.29, 0.717) is 11.6 Å². The van der Waals surface area contributed by atoms with Crippen LogP contribution in [0.3, 0.4) is 0 Å². The second kappa shape index (κ2) is 3.73. The molecule has 0 aliphatic rings. The molecule has 0 aliphatic heterocycles. The van der Waals surface area contributed by atoms with Crippen LogP contribution in [0.25, 0.3) is 0 Å². The highest BCUT2D eigenvalue weighted by atomic mass is 32.2. The number of imidazole rings is 1. The Balaban J connectivity index is 2.82. The number of thioether (sulfide) groups is 1. The summed E-state index contributed by atoms with van der Waals surface area (Å²) in [7, 11) is 0. The maximum atomic E-state index is 11.3. The molecule has 1 heterocycles. The van der Waals surface area contributed by atoms with E-state index in [9.17, 15) is 9.90 Å². The van der Waals surface area contributed by atoms with Crippen molar-refractivity contribution in [1.29, 1.82) is 0 Å². The monoisotopic (exact) mass is 216 g/mol. The van der Waals surface area contributed by atoms with Gasteiger partial charge in [-0.15, -0.1) is 11.8 Å². The fraction of sp³-hybridized carbons (Fsp3) is 0.667. The molecular weight excluding hydrogens is 200 g/mol. The number of H-pyrrole nitrogens is 1. The third-order valence-corrected chi connectivity index (χ3v) is 3.10. The molecule has 5 heteroatoms. The van der Waals surface area contributed by atoms with Crippen LogP contribution in [0.1, 0.15) is 26.5 Å². The zero-order chi connectivity index (χ0) is 10.9. The number of aromatic nitrogens is 2. The molecular formula is C9H16N2O2S. The lowest BCUT2D eigenvalue weighted by atomic mass is 10.3. The summed E-state index contributed by atoms with van der Waals surface area (Å²) in [6.07, 6.45) is 0. The minimum Gasteiger partial charge on any atom is -0.493 e. The molecule has 0 saturated heterocycles. The van der Waals surface area contributed by atoms with Crippen LogP contribution in [0.5, 0.6) is 5.88 Å². The lowest BCUT2D eigenvalue weighted by Crippen LogP contribution is -2.19. The number of rotatable bonds is 2. The molecule has 0 radical (unpaired) electrons. The van der Waals surface area contributed by atoms with E-state index >= 15 is 0 Å². The lowest BCUT2D eigenvalue weighted by Gasteiger charge is -2.17. The Labute approximate surface area is 87.3 Å². The Bertz CT molecular complexity index is 373. The van der Waals surface area contributed by atoms with Crippen LogP contribution in [0.15, 0.2) is 4.79 Å². The Morgan fingerprint density at radius 3 is 2.43 bits per heavy atom. The van der Waals surface area contributed by atoms with Crippen LogP contribution < -0.4 is 5.69 Å². The van der Waals surface area contributed by atoms with E-state index in [0.717, 1.165) is 0 Å². The maximum Gasteiger partial charge on any atom is 0.329 e. The van der Waals surface area contributed by atoms with E-state index in [1.54, 1.807) is 18.7 Å². The van der Waals surface area contributed by atoms with Crippen LogP contribution in [0, 0.1) is 6.92 Å². The van der Waals surface area contributed by atoms with Gasteiger partial charge < -0.3 is 5.11 Å². The van der Waals surface area contributed by atoms with E-state index in [1.807, 2.05) is 0 Å². The molecule has 0 bridgehead atoms. The van der Waals surface area contributed by atoms with E-state index in [4.69, 9.17) is 0 Å². The van der Waals surface area contributed by atoms with Gasteiger partial charge in [0.05, 0.1) is 11.6 Å². The predicted molar refractivity (Wildman–Crippen MR) is 58.8 cm³/mol. The second-order valence-corrected chi connectivity index (χ2v) is 5.95. The molecule has 4 nitrogen and oxygen atoms in total. The summed E-state index contributed by atoms with van der Waals surface area (Å²) in [5.74, 6) is 0.523. The first-order valence-corrected chi connectivity index (χ1v) is 5.42. The molecule has 0 spiro atoms. The summed E-state index contributed by atoms with van der Waals surface area (Å²) in [5.41, 5.74) is 0.337. The van der Waals surface area contributed by atoms with Gasteiger partial charge in [-0.2, -0.15) is 0 Å². The number of hydrogen-bond donors (Lipinski definition) is 2. The Hall–Kier alpha value is -0.840. The van der Waals surface area contributed by atoms with Crippen molar-refractivity contribution in [2.75, 3.05) is 0 Å². The van der Waals surface area contributed by atoms with Crippen molar-refractivity contribution in [2.24, 2.45) is 0 Å². The third kappa shape index (κ3) is 2.57. The third-order valence-electron chi connectivity index (χ3n) is 1.84. The molecule has 0 aromatic carbocycles. The Morgan fingerprint density at radius 2 is 2.07 bits per heavy atom. The van der Waals surface area contributed by atoms with Gasteiger partial charge in [-0.05, 0) is 6.92 Å². The normalized spacial score (nSPS) is 12.0. The van der Waals surface area contributed by atoms with Gasteiger partial charge >= 0.3 is 5.69 Å². The molecule has 80 valence electrons. The van der Waals surface area contributed by atoms with Crippen LogP contribution in [0.4, 0.5) is 0 Å². The van der Waals surface area contributed by atoms with Gasteiger partial charge in [0.1, 0.15) is 0 Å². The topological polar surface area (TPSA) is 58.0 Å². The minimum atomic E-state index is -0.253. The maximum absolute atomic E-state index is 11.3. The zero-order valence-electron chi connectivity index (χ0n) is 8.92. The molecule has 2 N–H and O–H groups in total. The van der Waals surface area contributed by atoms with E-state index in [-0.39, 0.29) is 16.3 Å². The number of nitrogens with zero attached hydrogens (tertiary/aromatic N) is 1. The van der Waals surface area contributed by atoms with Crippen molar-refractivity contribution < 1.29 is 5.11 Å². The van der Waals surface area contributed by atoms with Crippen molar-refractivity contribution >= 4 is 11.8 Å². The van der Waals surface area contributed by atoms with Gasteiger partial charge in [0.25, 0.3) is 0 Å². The van der Waals surface area contributed by atoms with Gasteiger partial charge in [0.2, 0.25) is 5.88 Å². The molecule has 0 unspecified atom stereocenters. The molecule has 14 heavy (non-hydrogen) atoms. The van der Waals surface area contributed by atoms with Crippen molar-refractivity contribution in [3.63, 3.8) is 0 Å². The van der Waals surface area contributed by atoms with Crippen LogP contribution in [-0.4, -0.2) is 19.4 Å². The average molecular weight is 216 g/mol. The van der Waals surface area contributed by atoms with Gasteiger partial charge in [-0.1, -0.05) is 20.8 Å². The highest BCUT2D eigenvalue weighted by molar-refractivity contribution is 7.99. The van der Waals surface area contributed by atoms with Gasteiger partial charge in [-0.3, -0.25) is 9.55 Å². The molecule has 0 amide bonds. The van der Waals surface area contributed by atoms with Crippen molar-refractivity contribution in [2.45, 2.75) is 38.3 Å². The number of aromatic amines is 1. The van der Waals surface area contributed by atoms with Crippen molar-refractivity contribution in [3.8, 4) is 5.88 Å². The number of aromatic hydroxyl groups is 1. The quantitative estimate of drug-likeness (QED) is 0.790. The van der Waals surface area contributed by atoms with Crippen molar-refractivity contribution in [3.05, 3.63) is 16.2 Å². The molecule has 0 saturated carbocycles. The smallest absolute Gasteiger partial charge is 0.329 e. The van der Waals surface area contributed by atoms with Gasteiger partial charge in [0.15, 0.2) is 0 Å². The standard InChI is InChI=1S/C9H16N2O2S/c1-6-7(12)10-8(13)11(6)5-14-9(2,3)4/h12H,5H2,1-4H3,(H,10,13). The molecule has 0 aliphatic carbocycles. The zero-order valence-corrected chi connectivity index (χ0v) is 9.73. The summed E-state index contributed by atoms with van der Waals surface area (Å²) < 4.78 is 1.64. The fourth-order valence-electron chi connectivity index (χ4n) is 0.953. The molecule has 1 rings (SSSR count). The van der Waals surface area contributed by atoms with E-state index in [2.05, 4.69) is 25.8 Å². The van der Waals surface area contributed by atoms with Gasteiger partial charge in [-0.25, -0.2) is 4.79 Å². The lowest BCUT2D eigenvalue weighted by molar-refractivity contribution is 0.450. The molecule has 0 atom stereocenters. The minimum absolute atomic E-state index is 0.0375. The highest BCUT2D eigenvalue weighted by Crippen LogP contribution is 2.25. The summed E-state index contributed by atoms with van der Waals surface area (Å²) in [6, 6.07) is 0. The number of nitrogens with one attached hydrogen (secondary N) is 1. The summed E-state index contributed by atoms with van der Waals surface area (Å²) in [6.45, 7) is 7.98. The van der Waals surface area contributed by atoms with Crippen LogP contribution in [0.2, 0.25) is 0 Å². The Morgan fingerprint density at radius 1 is 1.50 bits per heavy atom. The van der Waals surface area contributed by atoms with Gasteiger partial charge in [0, 0.05) is 4.75 Å². The number of hydrogen-bond acceptors (Lipinski definition) is 3. The van der Waals surface area contributed by atoms with E-state index < -0.39 is 0 Å². The molecule has 1 aromatic rings. The molecule has 0 fully saturated rings. The predicted octanol–water partition coefficient (Wildman–Crippen LogP) is 1.68. The summed E-state index contributed by atoms with van der Waals surface area (Å²) in [4.78, 5) is 13.7. The van der Waals surface area contributed by atoms with Crippen molar-refractivity contribution in [1.82, 2.24) is 9.55 Å². The largest absolute Gasteiger partial charge is 0.493 e. The van der Waals surface area contributed by atoms with Crippen LogP contribution >= 0.6 is 11.8 Å². The first-order chi connectivity index (χ1) is 6.31. The second-order valence-electron chi connectivity index (χ2n) is 4.18. The fourth-order valence-corrected chi connectivity index (χ4v) is 1.78. The summed E-state index contributed by atoms with van der Waals surface area (Å²) >= 11 is 1.66. The van der Waals surface area contributed by atoms with E-state index in [1.165, 1.54) is 4.57 Å². The molecule has 1 aromatic heterocycles. The summed E-state index contributed by atoms with van der Waals surface area (Å²) in [5, 5.41) is 9.26. The average Bonchev–Trinajstić information content (AvgIpc) is 2.23. The first-order valence-electron chi connectivity index (χ1n) is 4.43.